The van der Waals surface area contributed by atoms with E-state index < -0.39 is 17.5 Å². The fourth-order valence-corrected chi connectivity index (χ4v) is 2.97. The summed E-state index contributed by atoms with van der Waals surface area (Å²) < 4.78 is 28.7. The van der Waals surface area contributed by atoms with Gasteiger partial charge in [-0.2, -0.15) is 5.10 Å². The van der Waals surface area contributed by atoms with Gasteiger partial charge in [-0.05, 0) is 40.5 Å². The van der Waals surface area contributed by atoms with Crippen LogP contribution >= 0.6 is 27.5 Å². The summed E-state index contributed by atoms with van der Waals surface area (Å²) in [5.41, 5.74) is 2.03. The van der Waals surface area contributed by atoms with Crippen LogP contribution in [0, 0.1) is 18.6 Å². The van der Waals surface area contributed by atoms with Gasteiger partial charge in [0.05, 0.1) is 21.6 Å². The molecule has 0 bridgehead atoms. The molecular weight excluding hydrogens is 428 g/mol. The maximum absolute atomic E-state index is 13.4. The summed E-state index contributed by atoms with van der Waals surface area (Å²) in [6, 6.07) is 9.50. The predicted octanol–water partition coefficient (Wildman–Crippen LogP) is 5.19. The Hall–Kier alpha value is -2.25. The first-order valence-electron chi connectivity index (χ1n) is 7.58. The number of nitrogens with zero attached hydrogens (tertiary/aromatic N) is 2. The Kier molecular flexibility index (Phi) is 5.38. The monoisotopic (exact) mass is 439 g/mol. The van der Waals surface area contributed by atoms with Crippen molar-refractivity contribution in [2.45, 2.75) is 13.5 Å². The molecule has 2 aromatic carbocycles. The zero-order valence-electron chi connectivity index (χ0n) is 13.6. The lowest BCUT2D eigenvalue weighted by Crippen LogP contribution is -2.14. The van der Waals surface area contributed by atoms with Crippen molar-refractivity contribution in [2.24, 2.45) is 0 Å². The van der Waals surface area contributed by atoms with Gasteiger partial charge in [-0.1, -0.05) is 41.4 Å². The molecule has 134 valence electrons. The van der Waals surface area contributed by atoms with Gasteiger partial charge in [0.1, 0.15) is 0 Å². The Morgan fingerprint density at radius 3 is 2.58 bits per heavy atom. The highest BCUT2D eigenvalue weighted by Gasteiger charge is 2.17. The molecule has 0 aliphatic carbocycles. The van der Waals surface area contributed by atoms with Crippen molar-refractivity contribution >= 4 is 39.3 Å². The van der Waals surface area contributed by atoms with Crippen molar-refractivity contribution in [3.8, 4) is 0 Å². The molecular formula is C18H13BrClF2N3O. The molecule has 1 aromatic heterocycles. The molecule has 1 N–H and O–H groups in total. The lowest BCUT2D eigenvalue weighted by atomic mass is 10.1. The number of benzene rings is 2. The molecule has 0 radical (unpaired) electrons. The van der Waals surface area contributed by atoms with Gasteiger partial charge >= 0.3 is 0 Å². The van der Waals surface area contributed by atoms with Crippen molar-refractivity contribution in [1.29, 1.82) is 0 Å². The number of carbonyl (C=O) groups is 1. The average molecular weight is 441 g/mol. The summed E-state index contributed by atoms with van der Waals surface area (Å²) >= 11 is 9.15. The third-order valence-electron chi connectivity index (χ3n) is 3.67. The maximum atomic E-state index is 13.4. The van der Waals surface area contributed by atoms with Gasteiger partial charge in [0.25, 0.3) is 5.91 Å². The van der Waals surface area contributed by atoms with Crippen LogP contribution in [0.25, 0.3) is 0 Å². The summed E-state index contributed by atoms with van der Waals surface area (Å²) in [6.45, 7) is 2.52. The number of anilines is 1. The second kappa shape index (κ2) is 7.55. The van der Waals surface area contributed by atoms with Crippen molar-refractivity contribution in [1.82, 2.24) is 9.78 Å². The molecule has 0 aliphatic rings. The quantitative estimate of drug-likeness (QED) is 0.568. The maximum Gasteiger partial charge on any atom is 0.258 e. The molecule has 0 unspecified atom stereocenters. The Morgan fingerprint density at radius 2 is 1.88 bits per heavy atom. The van der Waals surface area contributed by atoms with Gasteiger partial charge in [-0.15, -0.1) is 0 Å². The minimum Gasteiger partial charge on any atom is -0.304 e. The van der Waals surface area contributed by atoms with E-state index in [9.17, 15) is 13.6 Å². The third kappa shape index (κ3) is 4.11. The number of amides is 1. The number of halogens is 4. The fourth-order valence-electron chi connectivity index (χ4n) is 2.31. The minimum atomic E-state index is -1.15. The highest BCUT2D eigenvalue weighted by molar-refractivity contribution is 9.10. The molecule has 0 atom stereocenters. The van der Waals surface area contributed by atoms with E-state index in [2.05, 4.69) is 26.3 Å². The van der Waals surface area contributed by atoms with E-state index >= 15 is 0 Å². The Morgan fingerprint density at radius 1 is 1.23 bits per heavy atom. The first kappa shape index (κ1) is 18.5. The SMILES string of the molecule is Cc1ccc(Cn2cc(Br)c(NC(=O)c3cc(F)c(F)cc3Cl)n2)cc1. The zero-order chi connectivity index (χ0) is 18.8. The van der Waals surface area contributed by atoms with Gasteiger partial charge in [-0.25, -0.2) is 8.78 Å². The summed E-state index contributed by atoms with van der Waals surface area (Å²) in [6.07, 6.45) is 1.71. The van der Waals surface area contributed by atoms with Crippen LogP contribution in [0.3, 0.4) is 0 Å². The lowest BCUT2D eigenvalue weighted by molar-refractivity contribution is 0.102. The van der Waals surface area contributed by atoms with Crippen LogP contribution in [-0.2, 0) is 6.54 Å². The lowest BCUT2D eigenvalue weighted by Gasteiger charge is -2.06. The van der Waals surface area contributed by atoms with Crippen LogP contribution in [0.1, 0.15) is 21.5 Å². The van der Waals surface area contributed by atoms with E-state index in [1.165, 1.54) is 0 Å². The number of nitrogens with one attached hydrogen (secondary N) is 1. The molecule has 0 fully saturated rings. The minimum absolute atomic E-state index is 0.175. The van der Waals surface area contributed by atoms with Crippen molar-refractivity contribution in [3.05, 3.63) is 80.4 Å². The number of rotatable bonds is 4. The Balaban J connectivity index is 1.78. The summed E-state index contributed by atoms with van der Waals surface area (Å²) in [7, 11) is 0. The van der Waals surface area contributed by atoms with Gasteiger partial charge < -0.3 is 5.32 Å². The number of aromatic nitrogens is 2. The van der Waals surface area contributed by atoms with E-state index in [1.54, 1.807) is 10.9 Å². The second-order valence-electron chi connectivity index (χ2n) is 5.71. The first-order chi connectivity index (χ1) is 12.3. The highest BCUT2D eigenvalue weighted by atomic mass is 79.9. The standard InChI is InChI=1S/C18H13BrClF2N3O/c1-10-2-4-11(5-3-10)8-25-9-13(19)17(24-25)23-18(26)12-6-15(21)16(22)7-14(12)20/h2-7,9H,8H2,1H3,(H,23,24,26). The molecule has 1 amide bonds. The molecule has 0 spiro atoms. The van der Waals surface area contributed by atoms with Gasteiger partial charge in [-0.3, -0.25) is 9.48 Å². The van der Waals surface area contributed by atoms with Crippen molar-refractivity contribution in [3.63, 3.8) is 0 Å². The molecule has 3 rings (SSSR count). The Labute approximate surface area is 161 Å². The average Bonchev–Trinajstić information content (AvgIpc) is 2.92. The summed E-state index contributed by atoms with van der Waals surface area (Å²) in [5.74, 6) is -2.70. The van der Waals surface area contributed by atoms with E-state index in [-0.39, 0.29) is 16.4 Å². The van der Waals surface area contributed by atoms with Crippen molar-refractivity contribution < 1.29 is 13.6 Å². The molecule has 4 nitrogen and oxygen atoms in total. The molecule has 1 heterocycles. The van der Waals surface area contributed by atoms with Crippen LogP contribution in [0.2, 0.25) is 5.02 Å². The van der Waals surface area contributed by atoms with Gasteiger partial charge in [0.15, 0.2) is 17.5 Å². The predicted molar refractivity (Wildman–Crippen MR) is 99.5 cm³/mol. The van der Waals surface area contributed by atoms with Crippen LogP contribution in [0.5, 0.6) is 0 Å². The van der Waals surface area contributed by atoms with E-state index in [0.29, 0.717) is 11.0 Å². The zero-order valence-corrected chi connectivity index (χ0v) is 15.9. The Bertz CT molecular complexity index is 973. The summed E-state index contributed by atoms with van der Waals surface area (Å²) in [4.78, 5) is 12.3. The van der Waals surface area contributed by atoms with Crippen LogP contribution in [0.4, 0.5) is 14.6 Å². The van der Waals surface area contributed by atoms with E-state index in [0.717, 1.165) is 23.3 Å². The number of aryl methyl sites for hydroxylation is 1. The van der Waals surface area contributed by atoms with Crippen LogP contribution < -0.4 is 5.32 Å². The van der Waals surface area contributed by atoms with Gasteiger partial charge in [0, 0.05) is 6.20 Å². The van der Waals surface area contributed by atoms with Gasteiger partial charge in [0.2, 0.25) is 0 Å². The summed E-state index contributed by atoms with van der Waals surface area (Å²) in [5, 5.41) is 6.64. The topological polar surface area (TPSA) is 46.9 Å². The molecule has 3 aromatic rings. The number of hydrogen-bond donors (Lipinski definition) is 1. The fraction of sp³-hybridized carbons (Fsp3) is 0.111. The van der Waals surface area contributed by atoms with E-state index in [4.69, 9.17) is 11.6 Å². The van der Waals surface area contributed by atoms with Crippen LogP contribution in [-0.4, -0.2) is 15.7 Å². The highest BCUT2D eigenvalue weighted by Crippen LogP contribution is 2.24. The molecule has 0 saturated carbocycles. The molecule has 0 aliphatic heterocycles. The van der Waals surface area contributed by atoms with Crippen LogP contribution in [0.15, 0.2) is 47.1 Å². The second-order valence-corrected chi connectivity index (χ2v) is 6.97. The molecule has 8 heteroatoms. The molecule has 0 saturated heterocycles. The smallest absolute Gasteiger partial charge is 0.258 e. The number of carbonyl (C=O) groups excluding carboxylic acids is 1. The normalized spacial score (nSPS) is 10.8. The third-order valence-corrected chi connectivity index (χ3v) is 4.56. The number of hydrogen-bond acceptors (Lipinski definition) is 2. The van der Waals surface area contributed by atoms with E-state index in [1.807, 2.05) is 31.2 Å². The molecule has 26 heavy (non-hydrogen) atoms. The van der Waals surface area contributed by atoms with Crippen molar-refractivity contribution in [2.75, 3.05) is 5.32 Å². The largest absolute Gasteiger partial charge is 0.304 e. The first-order valence-corrected chi connectivity index (χ1v) is 8.75.